The summed E-state index contributed by atoms with van der Waals surface area (Å²) < 4.78 is 5.49. The van der Waals surface area contributed by atoms with Crippen LogP contribution in [0.1, 0.15) is 11.1 Å². The van der Waals surface area contributed by atoms with Crippen LogP contribution in [0.3, 0.4) is 0 Å². The second kappa shape index (κ2) is 3.78. The van der Waals surface area contributed by atoms with E-state index in [2.05, 4.69) is 0 Å². The lowest BCUT2D eigenvalue weighted by atomic mass is 10.0. The predicted molar refractivity (Wildman–Crippen MR) is 73.2 cm³/mol. The molecule has 6 N–H and O–H groups in total. The fourth-order valence-electron chi connectivity index (χ4n) is 2.44. The van der Waals surface area contributed by atoms with Gasteiger partial charge in [-0.3, -0.25) is 0 Å². The number of aryl methyl sites for hydroxylation is 2. The summed E-state index contributed by atoms with van der Waals surface area (Å²) in [6.45, 7) is 2.90. The van der Waals surface area contributed by atoms with Gasteiger partial charge in [-0.15, -0.1) is 0 Å². The van der Waals surface area contributed by atoms with Crippen LogP contribution in [0.2, 0.25) is 0 Å². The van der Waals surface area contributed by atoms with E-state index in [4.69, 9.17) is 4.42 Å². The molecule has 0 aliphatic heterocycles. The van der Waals surface area contributed by atoms with Gasteiger partial charge in [0.2, 0.25) is 11.5 Å². The van der Waals surface area contributed by atoms with Crippen LogP contribution in [0.25, 0.3) is 21.9 Å². The Morgan fingerprint density at radius 2 is 0.857 bits per heavy atom. The standard InChI is InChI=1S/C14H12O7/c1-3-7(15)11(19)9(17)5-6-10(18)12(20)8(16)4(2)14(6)21-13(3)5/h15-20H,1-2H3. The van der Waals surface area contributed by atoms with Gasteiger partial charge in [-0.25, -0.2) is 0 Å². The third-order valence-electron chi connectivity index (χ3n) is 3.67. The number of rotatable bonds is 0. The molecule has 0 saturated heterocycles. The molecule has 0 aliphatic carbocycles. The zero-order chi connectivity index (χ0) is 15.6. The SMILES string of the molecule is Cc1c(O)c(O)c(O)c2c1oc1c(C)c(O)c(O)c(O)c12. The normalized spacial score (nSPS) is 11.5. The number of benzene rings is 2. The van der Waals surface area contributed by atoms with E-state index >= 15 is 0 Å². The fourth-order valence-corrected chi connectivity index (χ4v) is 2.44. The van der Waals surface area contributed by atoms with Crippen LogP contribution in [0.4, 0.5) is 0 Å². The molecule has 0 aliphatic rings. The van der Waals surface area contributed by atoms with Crippen molar-refractivity contribution in [2.45, 2.75) is 13.8 Å². The van der Waals surface area contributed by atoms with Gasteiger partial charge >= 0.3 is 0 Å². The van der Waals surface area contributed by atoms with E-state index in [1.165, 1.54) is 13.8 Å². The van der Waals surface area contributed by atoms with Crippen molar-refractivity contribution in [3.8, 4) is 34.5 Å². The van der Waals surface area contributed by atoms with Crippen LogP contribution in [0.15, 0.2) is 4.42 Å². The Labute approximate surface area is 117 Å². The molecule has 0 saturated carbocycles. The molecule has 0 radical (unpaired) electrons. The van der Waals surface area contributed by atoms with Gasteiger partial charge in [0.25, 0.3) is 0 Å². The van der Waals surface area contributed by atoms with Crippen molar-refractivity contribution in [2.75, 3.05) is 0 Å². The van der Waals surface area contributed by atoms with E-state index in [-0.39, 0.29) is 33.1 Å². The number of hydrogen-bond acceptors (Lipinski definition) is 7. The number of phenols is 6. The Bertz CT molecular complexity index is 847. The second-order valence-electron chi connectivity index (χ2n) is 4.85. The molecular formula is C14H12O7. The van der Waals surface area contributed by atoms with Crippen molar-refractivity contribution in [3.63, 3.8) is 0 Å². The highest BCUT2D eigenvalue weighted by Crippen LogP contribution is 2.54. The van der Waals surface area contributed by atoms with Crippen molar-refractivity contribution in [2.24, 2.45) is 0 Å². The van der Waals surface area contributed by atoms with E-state index in [1.807, 2.05) is 0 Å². The van der Waals surface area contributed by atoms with Gasteiger partial charge in [0.15, 0.2) is 23.0 Å². The third kappa shape index (κ3) is 1.37. The molecule has 0 spiro atoms. The molecule has 0 unspecified atom stereocenters. The van der Waals surface area contributed by atoms with Gasteiger partial charge in [-0.2, -0.15) is 0 Å². The number of hydrogen-bond donors (Lipinski definition) is 6. The minimum absolute atomic E-state index is 0.0289. The van der Waals surface area contributed by atoms with Crippen molar-refractivity contribution in [3.05, 3.63) is 11.1 Å². The lowest BCUT2D eigenvalue weighted by Gasteiger charge is -2.07. The van der Waals surface area contributed by atoms with Crippen molar-refractivity contribution >= 4 is 21.9 Å². The predicted octanol–water partition coefficient (Wildman–Crippen LogP) is 2.44. The molecule has 110 valence electrons. The average molecular weight is 292 g/mol. The monoisotopic (exact) mass is 292 g/mol. The van der Waals surface area contributed by atoms with Crippen LogP contribution in [-0.4, -0.2) is 30.6 Å². The lowest BCUT2D eigenvalue weighted by molar-refractivity contribution is 0.368. The zero-order valence-electron chi connectivity index (χ0n) is 11.1. The maximum absolute atomic E-state index is 10.0. The van der Waals surface area contributed by atoms with Crippen molar-refractivity contribution in [1.82, 2.24) is 0 Å². The topological polar surface area (TPSA) is 135 Å². The summed E-state index contributed by atoms with van der Waals surface area (Å²) in [5, 5.41) is 58.8. The first-order valence-electron chi connectivity index (χ1n) is 6.00. The fraction of sp³-hybridized carbons (Fsp3) is 0.143. The van der Waals surface area contributed by atoms with E-state index < -0.39 is 34.5 Å². The Kier molecular flexibility index (Phi) is 2.35. The van der Waals surface area contributed by atoms with Gasteiger partial charge in [0, 0.05) is 11.1 Å². The zero-order valence-corrected chi connectivity index (χ0v) is 11.1. The molecule has 0 atom stereocenters. The second-order valence-corrected chi connectivity index (χ2v) is 4.85. The highest BCUT2D eigenvalue weighted by molar-refractivity contribution is 6.15. The van der Waals surface area contributed by atoms with E-state index in [1.54, 1.807) is 0 Å². The molecule has 1 aromatic heterocycles. The Morgan fingerprint density at radius 1 is 0.524 bits per heavy atom. The van der Waals surface area contributed by atoms with Gasteiger partial charge in [0.05, 0.1) is 10.8 Å². The molecule has 1 heterocycles. The quantitative estimate of drug-likeness (QED) is 0.350. The molecule has 7 heteroatoms. The molecular weight excluding hydrogens is 280 g/mol. The molecule has 2 aromatic carbocycles. The number of furan rings is 1. The first-order valence-corrected chi connectivity index (χ1v) is 6.00. The van der Waals surface area contributed by atoms with Gasteiger partial charge in [-0.1, -0.05) is 0 Å². The Morgan fingerprint density at radius 3 is 1.19 bits per heavy atom. The molecule has 7 nitrogen and oxygen atoms in total. The van der Waals surface area contributed by atoms with E-state index in [0.29, 0.717) is 0 Å². The van der Waals surface area contributed by atoms with Crippen LogP contribution in [-0.2, 0) is 0 Å². The summed E-state index contributed by atoms with van der Waals surface area (Å²) in [4.78, 5) is 0. The number of fused-ring (bicyclic) bond motifs is 3. The summed E-state index contributed by atoms with van der Waals surface area (Å²) in [5.41, 5.74) is 0.353. The van der Waals surface area contributed by atoms with Crippen LogP contribution in [0, 0.1) is 13.8 Å². The molecule has 0 bridgehead atoms. The number of aromatic hydroxyl groups is 6. The van der Waals surface area contributed by atoms with Crippen LogP contribution in [0.5, 0.6) is 34.5 Å². The largest absolute Gasteiger partial charge is 0.504 e. The molecule has 0 fully saturated rings. The highest BCUT2D eigenvalue weighted by Gasteiger charge is 2.27. The maximum atomic E-state index is 10.0. The maximum Gasteiger partial charge on any atom is 0.201 e. The molecule has 21 heavy (non-hydrogen) atoms. The summed E-state index contributed by atoms with van der Waals surface area (Å²) in [5.74, 6) is -3.99. The molecule has 0 amide bonds. The third-order valence-corrected chi connectivity index (χ3v) is 3.67. The van der Waals surface area contributed by atoms with Gasteiger partial charge in [-0.05, 0) is 13.8 Å². The smallest absolute Gasteiger partial charge is 0.201 e. The lowest BCUT2D eigenvalue weighted by Crippen LogP contribution is -1.81. The number of phenolic OH excluding ortho intramolecular Hbond substituents is 6. The van der Waals surface area contributed by atoms with Gasteiger partial charge < -0.3 is 35.1 Å². The average Bonchev–Trinajstić information content (AvgIpc) is 2.87. The first kappa shape index (κ1) is 13.0. The first-order chi connectivity index (χ1) is 9.77. The van der Waals surface area contributed by atoms with E-state index in [0.717, 1.165) is 0 Å². The Hall–Kier alpha value is -2.96. The summed E-state index contributed by atoms with van der Waals surface area (Å²) in [6, 6.07) is 0. The summed E-state index contributed by atoms with van der Waals surface area (Å²) in [7, 11) is 0. The molecule has 3 aromatic rings. The summed E-state index contributed by atoms with van der Waals surface area (Å²) >= 11 is 0. The highest BCUT2D eigenvalue weighted by atomic mass is 16.4. The minimum atomic E-state index is -0.757. The van der Waals surface area contributed by atoms with E-state index in [9.17, 15) is 30.6 Å². The van der Waals surface area contributed by atoms with Crippen molar-refractivity contribution < 1.29 is 35.1 Å². The van der Waals surface area contributed by atoms with Crippen LogP contribution >= 0.6 is 0 Å². The summed E-state index contributed by atoms with van der Waals surface area (Å²) in [6.07, 6.45) is 0. The van der Waals surface area contributed by atoms with Crippen molar-refractivity contribution in [1.29, 1.82) is 0 Å². The molecule has 3 rings (SSSR count). The minimum Gasteiger partial charge on any atom is -0.504 e. The van der Waals surface area contributed by atoms with Gasteiger partial charge in [0.1, 0.15) is 11.2 Å². The van der Waals surface area contributed by atoms with Crippen LogP contribution < -0.4 is 0 Å². The Balaban J connectivity index is 2.73.